The van der Waals surface area contributed by atoms with E-state index in [1.165, 1.54) is 12.7 Å². The molecule has 23 heavy (non-hydrogen) atoms. The molecule has 7 nitrogen and oxygen atoms in total. The van der Waals surface area contributed by atoms with Gasteiger partial charge in [0.05, 0.1) is 5.69 Å². The number of aromatic nitrogens is 4. The Kier molecular flexibility index (Phi) is 4.55. The van der Waals surface area contributed by atoms with Crippen molar-refractivity contribution < 1.29 is 9.53 Å². The first kappa shape index (κ1) is 15.5. The summed E-state index contributed by atoms with van der Waals surface area (Å²) in [6.45, 7) is 4.26. The minimum Gasteiger partial charge on any atom is -0.484 e. The molecule has 1 aliphatic heterocycles. The summed E-state index contributed by atoms with van der Waals surface area (Å²) in [7, 11) is 0. The Morgan fingerprint density at radius 1 is 1.30 bits per heavy atom. The van der Waals surface area contributed by atoms with Crippen LogP contribution in [0.25, 0.3) is 5.69 Å². The fraction of sp³-hybridized carbons (Fsp3) is 0.500. The van der Waals surface area contributed by atoms with Gasteiger partial charge in [-0.25, -0.2) is 4.68 Å². The highest BCUT2D eigenvalue weighted by Crippen LogP contribution is 2.23. The van der Waals surface area contributed by atoms with Crippen molar-refractivity contribution in [1.29, 1.82) is 0 Å². The van der Waals surface area contributed by atoms with Crippen molar-refractivity contribution in [2.24, 2.45) is 0 Å². The number of piperidine rings is 1. The van der Waals surface area contributed by atoms with E-state index in [2.05, 4.69) is 29.4 Å². The summed E-state index contributed by atoms with van der Waals surface area (Å²) in [5, 5.41) is 11.1. The van der Waals surface area contributed by atoms with Crippen LogP contribution in [0.1, 0.15) is 33.1 Å². The molecule has 2 atom stereocenters. The third-order valence-electron chi connectivity index (χ3n) is 4.28. The molecule has 7 heteroatoms. The topological polar surface area (TPSA) is 73.1 Å². The third kappa shape index (κ3) is 3.49. The van der Waals surface area contributed by atoms with Crippen LogP contribution in [0.5, 0.6) is 5.75 Å². The number of tetrazole rings is 1. The largest absolute Gasteiger partial charge is 0.484 e. The summed E-state index contributed by atoms with van der Waals surface area (Å²) in [6.07, 6.45) is 4.82. The fourth-order valence-electron chi connectivity index (χ4n) is 3.13. The lowest BCUT2D eigenvalue weighted by atomic mass is 9.97. The molecule has 122 valence electrons. The number of likely N-dealkylation sites (tertiary alicyclic amines) is 1. The van der Waals surface area contributed by atoms with E-state index in [0.717, 1.165) is 18.5 Å². The van der Waals surface area contributed by atoms with Gasteiger partial charge in [-0.05, 0) is 55.7 Å². The average molecular weight is 315 g/mol. The predicted octanol–water partition coefficient (Wildman–Crippen LogP) is 1.83. The second kappa shape index (κ2) is 6.76. The minimum absolute atomic E-state index is 0.0394. The molecule has 0 aliphatic carbocycles. The van der Waals surface area contributed by atoms with Gasteiger partial charge >= 0.3 is 0 Å². The number of hydrogen-bond acceptors (Lipinski definition) is 5. The smallest absolute Gasteiger partial charge is 0.260 e. The van der Waals surface area contributed by atoms with E-state index in [1.807, 2.05) is 29.2 Å². The van der Waals surface area contributed by atoms with E-state index in [1.54, 1.807) is 4.68 Å². The van der Waals surface area contributed by atoms with Gasteiger partial charge in [-0.1, -0.05) is 6.07 Å². The summed E-state index contributed by atoms with van der Waals surface area (Å²) < 4.78 is 7.23. The van der Waals surface area contributed by atoms with Crippen LogP contribution in [0.2, 0.25) is 0 Å². The molecule has 1 amide bonds. The van der Waals surface area contributed by atoms with E-state index in [-0.39, 0.29) is 24.6 Å². The number of ether oxygens (including phenoxy) is 1. The summed E-state index contributed by atoms with van der Waals surface area (Å²) >= 11 is 0. The van der Waals surface area contributed by atoms with Crippen LogP contribution in [0.15, 0.2) is 30.6 Å². The fourth-order valence-corrected chi connectivity index (χ4v) is 3.13. The second-order valence-electron chi connectivity index (χ2n) is 5.97. The quantitative estimate of drug-likeness (QED) is 0.860. The van der Waals surface area contributed by atoms with E-state index in [0.29, 0.717) is 5.75 Å². The van der Waals surface area contributed by atoms with Crippen LogP contribution in [-0.4, -0.2) is 49.7 Å². The van der Waals surface area contributed by atoms with Gasteiger partial charge in [0.1, 0.15) is 12.1 Å². The maximum absolute atomic E-state index is 12.5. The maximum atomic E-state index is 12.5. The van der Waals surface area contributed by atoms with Crippen molar-refractivity contribution in [2.45, 2.75) is 45.2 Å². The Labute approximate surface area is 135 Å². The van der Waals surface area contributed by atoms with Crippen LogP contribution in [0.4, 0.5) is 0 Å². The summed E-state index contributed by atoms with van der Waals surface area (Å²) in [5.41, 5.74) is 0.791. The maximum Gasteiger partial charge on any atom is 0.260 e. The van der Waals surface area contributed by atoms with Crippen LogP contribution >= 0.6 is 0 Å². The van der Waals surface area contributed by atoms with Gasteiger partial charge < -0.3 is 9.64 Å². The zero-order chi connectivity index (χ0) is 16.2. The molecule has 2 heterocycles. The first-order valence-corrected chi connectivity index (χ1v) is 7.92. The lowest BCUT2D eigenvalue weighted by Gasteiger charge is -2.38. The number of hydrogen-bond donors (Lipinski definition) is 0. The summed E-state index contributed by atoms with van der Waals surface area (Å²) in [5.74, 6) is 0.668. The lowest BCUT2D eigenvalue weighted by Crippen LogP contribution is -2.49. The number of nitrogens with zero attached hydrogens (tertiary/aromatic N) is 5. The van der Waals surface area contributed by atoms with Crippen LogP contribution < -0.4 is 4.74 Å². The van der Waals surface area contributed by atoms with Gasteiger partial charge in [0.15, 0.2) is 6.61 Å². The molecule has 0 saturated carbocycles. The lowest BCUT2D eigenvalue weighted by molar-refractivity contribution is -0.139. The van der Waals surface area contributed by atoms with E-state index in [9.17, 15) is 4.79 Å². The number of benzene rings is 1. The molecule has 2 aromatic rings. The van der Waals surface area contributed by atoms with Crippen molar-refractivity contribution in [1.82, 2.24) is 25.1 Å². The summed E-state index contributed by atoms with van der Waals surface area (Å²) in [6, 6.07) is 7.92. The van der Waals surface area contributed by atoms with Crippen molar-refractivity contribution in [3.05, 3.63) is 30.6 Å². The van der Waals surface area contributed by atoms with Crippen molar-refractivity contribution in [2.75, 3.05) is 6.61 Å². The number of rotatable bonds is 4. The Morgan fingerprint density at radius 3 is 2.78 bits per heavy atom. The first-order chi connectivity index (χ1) is 11.1. The Morgan fingerprint density at radius 2 is 2.09 bits per heavy atom. The molecule has 3 rings (SSSR count). The molecule has 0 N–H and O–H groups in total. The molecule has 1 aromatic heterocycles. The van der Waals surface area contributed by atoms with Crippen molar-refractivity contribution in [3.63, 3.8) is 0 Å². The van der Waals surface area contributed by atoms with Crippen molar-refractivity contribution in [3.8, 4) is 11.4 Å². The number of carbonyl (C=O) groups excluding carboxylic acids is 1. The highest BCUT2D eigenvalue weighted by atomic mass is 16.5. The zero-order valence-corrected chi connectivity index (χ0v) is 13.4. The molecule has 0 spiro atoms. The minimum atomic E-state index is 0.0394. The second-order valence-corrected chi connectivity index (χ2v) is 5.97. The Balaban J connectivity index is 1.64. The number of carbonyl (C=O) groups is 1. The molecule has 1 aliphatic rings. The van der Waals surface area contributed by atoms with Gasteiger partial charge in [0, 0.05) is 18.2 Å². The normalized spacial score (nSPS) is 21.2. The predicted molar refractivity (Wildman–Crippen MR) is 84.3 cm³/mol. The Hall–Kier alpha value is -2.44. The van der Waals surface area contributed by atoms with E-state index < -0.39 is 0 Å². The van der Waals surface area contributed by atoms with Crippen LogP contribution in [0.3, 0.4) is 0 Å². The Bertz CT molecular complexity index is 648. The average Bonchev–Trinajstić information content (AvgIpc) is 3.07. The van der Waals surface area contributed by atoms with Gasteiger partial charge in [-0.3, -0.25) is 4.79 Å². The van der Waals surface area contributed by atoms with Gasteiger partial charge in [0.2, 0.25) is 0 Å². The zero-order valence-electron chi connectivity index (χ0n) is 13.4. The monoisotopic (exact) mass is 315 g/mol. The molecule has 0 unspecified atom stereocenters. The van der Waals surface area contributed by atoms with Crippen LogP contribution in [0, 0.1) is 0 Å². The third-order valence-corrected chi connectivity index (χ3v) is 4.28. The van der Waals surface area contributed by atoms with Gasteiger partial charge in [0.25, 0.3) is 5.91 Å². The number of amides is 1. The molecule has 1 saturated heterocycles. The molecule has 0 bridgehead atoms. The molecule has 0 radical (unpaired) electrons. The molecule has 1 fully saturated rings. The highest BCUT2D eigenvalue weighted by Gasteiger charge is 2.28. The SMILES string of the molecule is C[C@H]1CCC[C@H](C)N1C(=O)COc1cccc(-n2cnnn2)c1. The standard InChI is InChI=1S/C16H21N5O2/c1-12-5-3-6-13(2)21(12)16(22)10-23-15-8-4-7-14(9-15)20-11-17-18-19-20/h4,7-9,11-13H,3,5-6,10H2,1-2H3/t12-,13-/m0/s1. The summed E-state index contributed by atoms with van der Waals surface area (Å²) in [4.78, 5) is 14.4. The van der Waals surface area contributed by atoms with E-state index >= 15 is 0 Å². The molecule has 1 aromatic carbocycles. The molecular weight excluding hydrogens is 294 g/mol. The first-order valence-electron chi connectivity index (χ1n) is 7.92. The van der Waals surface area contributed by atoms with Crippen molar-refractivity contribution >= 4 is 5.91 Å². The van der Waals surface area contributed by atoms with Gasteiger partial charge in [-0.2, -0.15) is 0 Å². The van der Waals surface area contributed by atoms with Crippen LogP contribution in [-0.2, 0) is 4.79 Å². The van der Waals surface area contributed by atoms with Gasteiger partial charge in [-0.15, -0.1) is 5.10 Å². The highest BCUT2D eigenvalue weighted by molar-refractivity contribution is 5.78. The molecular formula is C16H21N5O2. The van der Waals surface area contributed by atoms with E-state index in [4.69, 9.17) is 4.74 Å².